The largest absolute Gasteiger partial charge is 0.505 e. The van der Waals surface area contributed by atoms with E-state index in [-0.39, 0.29) is 17.7 Å². The lowest BCUT2D eigenvalue weighted by Crippen LogP contribution is -1.99. The van der Waals surface area contributed by atoms with Crippen LogP contribution in [0.25, 0.3) is 11.1 Å². The van der Waals surface area contributed by atoms with Gasteiger partial charge in [-0.15, -0.1) is 0 Å². The molecule has 0 atom stereocenters. The van der Waals surface area contributed by atoms with Gasteiger partial charge in [-0.25, -0.2) is 0 Å². The lowest BCUT2D eigenvalue weighted by molar-refractivity contribution is -0.104. The van der Waals surface area contributed by atoms with Gasteiger partial charge in [0.25, 0.3) is 0 Å². The number of Topliss-reactive ketones (excluding diaryl/α,β-unsaturated/α-hetero) is 1. The molecule has 0 radical (unpaired) electrons. The van der Waals surface area contributed by atoms with Crippen LogP contribution in [0.3, 0.4) is 0 Å². The zero-order valence-electron chi connectivity index (χ0n) is 8.31. The molecule has 4 heteroatoms. The first-order valence-corrected chi connectivity index (χ1v) is 4.69. The Labute approximate surface area is 91.5 Å². The summed E-state index contributed by atoms with van der Waals surface area (Å²) in [5.41, 5.74) is 1.21. The number of nitrogens with one attached hydrogen (secondary N) is 1. The molecule has 2 rings (SSSR count). The zero-order chi connectivity index (χ0) is 11.5. The van der Waals surface area contributed by atoms with Gasteiger partial charge < -0.3 is 10.1 Å². The Morgan fingerprint density at radius 1 is 1.25 bits per heavy atom. The van der Waals surface area contributed by atoms with Crippen LogP contribution in [0.4, 0.5) is 0 Å². The molecular formula is C12H9NO3. The van der Waals surface area contributed by atoms with Crippen LogP contribution < -0.4 is 0 Å². The number of carbonyl (C=O) groups excluding carboxylic acids is 2. The minimum Gasteiger partial charge on any atom is -0.505 e. The number of aromatic amines is 1. The molecule has 2 N–H and O–H groups in total. The number of aromatic hydroxyl groups is 1. The van der Waals surface area contributed by atoms with E-state index >= 15 is 0 Å². The number of aldehydes is 1. The van der Waals surface area contributed by atoms with Crippen LogP contribution in [-0.2, 0) is 4.79 Å². The van der Waals surface area contributed by atoms with Gasteiger partial charge in [-0.05, 0) is 5.56 Å². The summed E-state index contributed by atoms with van der Waals surface area (Å²) in [6.45, 7) is 0. The average molecular weight is 215 g/mol. The predicted octanol–water partition coefficient (Wildman–Crippen LogP) is 1.77. The second kappa shape index (κ2) is 4.02. The maximum absolute atomic E-state index is 11.1. The van der Waals surface area contributed by atoms with Crippen molar-refractivity contribution in [1.82, 2.24) is 4.98 Å². The Morgan fingerprint density at radius 2 is 1.94 bits per heavy atom. The summed E-state index contributed by atoms with van der Waals surface area (Å²) in [6, 6.07) is 9.10. The smallest absolute Gasteiger partial charge is 0.245 e. The third-order valence-corrected chi connectivity index (χ3v) is 2.29. The van der Waals surface area contributed by atoms with Crippen molar-refractivity contribution in [3.63, 3.8) is 0 Å². The summed E-state index contributed by atoms with van der Waals surface area (Å²) in [5.74, 6) is -0.956. The van der Waals surface area contributed by atoms with E-state index in [9.17, 15) is 14.7 Å². The van der Waals surface area contributed by atoms with Crippen LogP contribution in [-0.4, -0.2) is 22.2 Å². The van der Waals surface area contributed by atoms with Crippen LogP contribution in [0.1, 0.15) is 10.5 Å². The van der Waals surface area contributed by atoms with Gasteiger partial charge in [0.1, 0.15) is 5.69 Å². The van der Waals surface area contributed by atoms with Crippen LogP contribution in [0.5, 0.6) is 5.75 Å². The Kier molecular flexibility index (Phi) is 2.55. The van der Waals surface area contributed by atoms with E-state index in [0.29, 0.717) is 5.56 Å². The highest BCUT2D eigenvalue weighted by Gasteiger charge is 2.16. The SMILES string of the molecule is O=CC(=O)c1[nH]cc(-c2ccccc2)c1O. The van der Waals surface area contributed by atoms with Crippen molar-refractivity contribution in [1.29, 1.82) is 0 Å². The molecule has 0 bridgehead atoms. The average Bonchev–Trinajstić information content (AvgIpc) is 2.71. The summed E-state index contributed by atoms with van der Waals surface area (Å²) in [7, 11) is 0. The molecule has 0 aliphatic rings. The maximum Gasteiger partial charge on any atom is 0.245 e. The molecule has 1 aromatic heterocycles. The third kappa shape index (κ3) is 1.61. The summed E-state index contributed by atoms with van der Waals surface area (Å²) < 4.78 is 0. The van der Waals surface area contributed by atoms with Gasteiger partial charge in [0.2, 0.25) is 5.78 Å². The molecule has 0 saturated carbocycles. The van der Waals surface area contributed by atoms with Gasteiger partial charge in [-0.2, -0.15) is 0 Å². The van der Waals surface area contributed by atoms with Crippen molar-refractivity contribution in [2.75, 3.05) is 0 Å². The van der Waals surface area contributed by atoms with E-state index in [4.69, 9.17) is 0 Å². The number of aromatic nitrogens is 1. The van der Waals surface area contributed by atoms with Crippen molar-refractivity contribution >= 4 is 12.1 Å². The number of hydrogen-bond donors (Lipinski definition) is 2. The highest BCUT2D eigenvalue weighted by molar-refractivity contribution is 6.33. The van der Waals surface area contributed by atoms with Crippen molar-refractivity contribution in [2.45, 2.75) is 0 Å². The molecular weight excluding hydrogens is 206 g/mol. The van der Waals surface area contributed by atoms with Gasteiger partial charge >= 0.3 is 0 Å². The molecule has 1 aromatic carbocycles. The van der Waals surface area contributed by atoms with Crippen LogP contribution in [0.15, 0.2) is 36.5 Å². The second-order valence-electron chi connectivity index (χ2n) is 3.27. The molecule has 0 unspecified atom stereocenters. The summed E-state index contributed by atoms with van der Waals surface area (Å²) in [4.78, 5) is 24.0. The number of ketones is 1. The number of hydrogen-bond acceptors (Lipinski definition) is 3. The van der Waals surface area contributed by atoms with E-state index in [1.165, 1.54) is 6.20 Å². The van der Waals surface area contributed by atoms with Crippen molar-refractivity contribution in [3.8, 4) is 16.9 Å². The number of rotatable bonds is 3. The standard InChI is InChI=1S/C12H9NO3/c14-7-10(15)11-12(16)9(6-13-11)8-4-2-1-3-5-8/h1-7,13,16H. The second-order valence-corrected chi connectivity index (χ2v) is 3.27. The van der Waals surface area contributed by atoms with Crippen LogP contribution in [0.2, 0.25) is 0 Å². The molecule has 0 aliphatic heterocycles. The predicted molar refractivity (Wildman–Crippen MR) is 58.3 cm³/mol. The normalized spacial score (nSPS) is 10.0. The van der Waals surface area contributed by atoms with Gasteiger partial charge in [0, 0.05) is 11.8 Å². The third-order valence-electron chi connectivity index (χ3n) is 2.29. The van der Waals surface area contributed by atoms with E-state index in [1.807, 2.05) is 18.2 Å². The van der Waals surface area contributed by atoms with E-state index in [1.54, 1.807) is 12.1 Å². The Bertz CT molecular complexity index is 528. The molecule has 4 nitrogen and oxygen atoms in total. The fourth-order valence-corrected chi connectivity index (χ4v) is 1.50. The van der Waals surface area contributed by atoms with Gasteiger partial charge in [-0.1, -0.05) is 30.3 Å². The number of H-pyrrole nitrogens is 1. The topological polar surface area (TPSA) is 70.2 Å². The molecule has 80 valence electrons. The fraction of sp³-hybridized carbons (Fsp3) is 0. The first-order valence-electron chi connectivity index (χ1n) is 4.69. The lowest BCUT2D eigenvalue weighted by Gasteiger charge is -1.98. The highest BCUT2D eigenvalue weighted by atomic mass is 16.3. The first kappa shape index (κ1) is 10.2. The van der Waals surface area contributed by atoms with Crippen molar-refractivity contribution in [2.24, 2.45) is 0 Å². The Hall–Kier alpha value is -2.36. The van der Waals surface area contributed by atoms with E-state index in [0.717, 1.165) is 5.56 Å². The molecule has 2 aromatic rings. The molecule has 0 spiro atoms. The minimum atomic E-state index is -0.764. The van der Waals surface area contributed by atoms with E-state index in [2.05, 4.69) is 4.98 Å². The molecule has 0 fully saturated rings. The monoisotopic (exact) mass is 215 g/mol. The maximum atomic E-state index is 11.1. The molecule has 1 heterocycles. The van der Waals surface area contributed by atoms with E-state index < -0.39 is 5.78 Å². The van der Waals surface area contributed by atoms with Crippen molar-refractivity contribution in [3.05, 3.63) is 42.2 Å². The summed E-state index contributed by atoms with van der Waals surface area (Å²) >= 11 is 0. The van der Waals surface area contributed by atoms with Crippen LogP contribution >= 0.6 is 0 Å². The first-order chi connectivity index (χ1) is 7.74. The van der Waals surface area contributed by atoms with Gasteiger partial charge in [0.05, 0.1) is 0 Å². The molecule has 0 aliphatic carbocycles. The Balaban J connectivity index is 2.49. The summed E-state index contributed by atoms with van der Waals surface area (Å²) in [6.07, 6.45) is 1.67. The fourth-order valence-electron chi connectivity index (χ4n) is 1.50. The van der Waals surface area contributed by atoms with Gasteiger partial charge in [-0.3, -0.25) is 9.59 Å². The lowest BCUT2D eigenvalue weighted by atomic mass is 10.1. The molecule has 0 amide bonds. The minimum absolute atomic E-state index is 0.0751. The van der Waals surface area contributed by atoms with Gasteiger partial charge in [0.15, 0.2) is 12.0 Å². The molecule has 0 saturated heterocycles. The van der Waals surface area contributed by atoms with Crippen molar-refractivity contribution < 1.29 is 14.7 Å². The Morgan fingerprint density at radius 3 is 2.56 bits per heavy atom. The van der Waals surface area contributed by atoms with Crippen LogP contribution in [0, 0.1) is 0 Å². The molecule has 16 heavy (non-hydrogen) atoms. The highest BCUT2D eigenvalue weighted by Crippen LogP contribution is 2.31. The summed E-state index contributed by atoms with van der Waals surface area (Å²) in [5, 5.41) is 9.77. The quantitative estimate of drug-likeness (QED) is 0.465. The number of carbonyl (C=O) groups is 2. The number of benzene rings is 1. The zero-order valence-corrected chi connectivity index (χ0v) is 8.31.